The number of anilines is 2. The molecule has 1 heterocycles. The van der Waals surface area contributed by atoms with E-state index < -0.39 is 5.25 Å². The van der Waals surface area contributed by atoms with Gasteiger partial charge in [0.25, 0.3) is 0 Å². The van der Waals surface area contributed by atoms with Crippen LogP contribution >= 0.6 is 11.8 Å². The Morgan fingerprint density at radius 3 is 2.26 bits per heavy atom. The molecular weight excluding hydrogens is 452 g/mol. The Kier molecular flexibility index (Phi) is 6.93. The second kappa shape index (κ2) is 10.2. The lowest BCUT2D eigenvalue weighted by Gasteiger charge is -2.16. The monoisotopic (exact) mass is 474 g/mol. The van der Waals surface area contributed by atoms with Gasteiger partial charge in [0, 0.05) is 12.1 Å². The highest BCUT2D eigenvalue weighted by atomic mass is 32.2. The van der Waals surface area contributed by atoms with Crippen molar-refractivity contribution in [2.24, 2.45) is 10.2 Å². The van der Waals surface area contributed by atoms with Gasteiger partial charge in [-0.15, -0.1) is 5.10 Å². The third-order valence-electron chi connectivity index (χ3n) is 4.99. The van der Waals surface area contributed by atoms with Crippen molar-refractivity contribution in [2.45, 2.75) is 18.6 Å². The normalized spacial score (nSPS) is 17.0. The van der Waals surface area contributed by atoms with Gasteiger partial charge in [0.05, 0.1) is 11.9 Å². The van der Waals surface area contributed by atoms with Crippen molar-refractivity contribution in [3.8, 4) is 11.5 Å². The number of rotatable bonds is 6. The van der Waals surface area contributed by atoms with Gasteiger partial charge in [-0.2, -0.15) is 5.10 Å². The number of carbonyl (C=O) groups excluding carboxylic acids is 2. The summed E-state index contributed by atoms with van der Waals surface area (Å²) in [5.74, 6) is -0.367. The van der Waals surface area contributed by atoms with E-state index in [4.69, 9.17) is 0 Å². The first kappa shape index (κ1) is 23.1. The number of aromatic hydroxyl groups is 2. The summed E-state index contributed by atoms with van der Waals surface area (Å²) < 4.78 is 0. The lowest BCUT2D eigenvalue weighted by Crippen LogP contribution is -2.33. The molecule has 0 aliphatic carbocycles. The minimum atomic E-state index is -0.679. The highest BCUT2D eigenvalue weighted by Crippen LogP contribution is 2.34. The lowest BCUT2D eigenvalue weighted by molar-refractivity contribution is -0.121. The molecule has 1 saturated heterocycles. The Labute approximate surface area is 200 Å². The van der Waals surface area contributed by atoms with Crippen LogP contribution < -0.4 is 10.2 Å². The average Bonchev–Trinajstić information content (AvgIpc) is 3.12. The highest BCUT2D eigenvalue weighted by Gasteiger charge is 2.40. The fraction of sp³-hybridized carbons (Fsp3) is 0.120. The van der Waals surface area contributed by atoms with E-state index in [2.05, 4.69) is 15.5 Å². The molecule has 0 aromatic heterocycles. The number of carbonyl (C=O) groups is 2. The van der Waals surface area contributed by atoms with Crippen LogP contribution in [0.2, 0.25) is 0 Å². The van der Waals surface area contributed by atoms with Gasteiger partial charge in [-0.1, -0.05) is 29.5 Å². The van der Waals surface area contributed by atoms with Gasteiger partial charge in [-0.25, -0.2) is 0 Å². The van der Waals surface area contributed by atoms with Crippen LogP contribution in [-0.2, 0) is 9.59 Å². The van der Waals surface area contributed by atoms with E-state index in [1.165, 1.54) is 35.4 Å². The Morgan fingerprint density at radius 2 is 1.62 bits per heavy atom. The topological polar surface area (TPSA) is 115 Å². The van der Waals surface area contributed by atoms with Crippen LogP contribution in [0.15, 0.2) is 83.0 Å². The number of phenols is 2. The third kappa shape index (κ3) is 5.62. The predicted octanol–water partition coefficient (Wildman–Crippen LogP) is 4.27. The molecule has 1 fully saturated rings. The van der Waals surface area contributed by atoms with Crippen molar-refractivity contribution in [1.82, 2.24) is 0 Å². The van der Waals surface area contributed by atoms with E-state index in [1.54, 1.807) is 24.3 Å². The summed E-state index contributed by atoms with van der Waals surface area (Å²) in [6.07, 6.45) is 1.47. The quantitative estimate of drug-likeness (QED) is 0.365. The second-order valence-electron chi connectivity index (χ2n) is 7.63. The standard InChI is InChI=1S/C25H22N4O4S/c1-16-2-6-18(7-3-16)27-23(32)14-22-24(33)29(19-8-12-21(31)13-9-19)25(34-22)28-26-15-17-4-10-20(30)11-5-17/h2-13,15,22,30-31H,14H2,1H3,(H,27,32)/b26-15+,28-25+. The SMILES string of the molecule is Cc1ccc(NC(=O)CC2S/C(=N/N=C/c3ccc(O)cc3)N(c3ccc(O)cc3)C2=O)cc1. The molecule has 3 aromatic carbocycles. The van der Waals surface area contributed by atoms with Gasteiger partial charge in [0.2, 0.25) is 11.8 Å². The second-order valence-corrected chi connectivity index (χ2v) is 8.80. The molecule has 1 aliphatic rings. The van der Waals surface area contributed by atoms with E-state index in [9.17, 15) is 19.8 Å². The number of amidine groups is 1. The summed E-state index contributed by atoms with van der Waals surface area (Å²) in [6, 6.07) is 20.0. The van der Waals surface area contributed by atoms with Crippen LogP contribution in [0.4, 0.5) is 11.4 Å². The predicted molar refractivity (Wildman–Crippen MR) is 135 cm³/mol. The summed E-state index contributed by atoms with van der Waals surface area (Å²) in [7, 11) is 0. The number of hydrogen-bond donors (Lipinski definition) is 3. The van der Waals surface area contributed by atoms with Crippen LogP contribution in [0.3, 0.4) is 0 Å². The van der Waals surface area contributed by atoms with E-state index in [1.807, 2.05) is 31.2 Å². The number of hydrogen-bond acceptors (Lipinski definition) is 7. The van der Waals surface area contributed by atoms with E-state index in [0.717, 1.165) is 22.9 Å². The molecule has 9 heteroatoms. The van der Waals surface area contributed by atoms with Gasteiger partial charge < -0.3 is 15.5 Å². The number of phenolic OH excluding ortho intramolecular Hbond substituents is 2. The Morgan fingerprint density at radius 1 is 1.00 bits per heavy atom. The fourth-order valence-corrected chi connectivity index (χ4v) is 4.32. The number of benzene rings is 3. The molecule has 172 valence electrons. The maximum Gasteiger partial charge on any atom is 0.247 e. The molecule has 0 radical (unpaired) electrons. The molecule has 1 aliphatic heterocycles. The Bertz CT molecular complexity index is 1240. The van der Waals surface area contributed by atoms with Gasteiger partial charge in [-0.3, -0.25) is 14.5 Å². The molecule has 34 heavy (non-hydrogen) atoms. The molecular formula is C25H22N4O4S. The number of aryl methyl sites for hydroxylation is 1. The minimum absolute atomic E-state index is 0.0351. The molecule has 4 rings (SSSR count). The fourth-order valence-electron chi connectivity index (χ4n) is 3.23. The lowest BCUT2D eigenvalue weighted by atomic mass is 10.2. The zero-order chi connectivity index (χ0) is 24.1. The van der Waals surface area contributed by atoms with Crippen molar-refractivity contribution >= 4 is 46.3 Å². The molecule has 2 amide bonds. The number of nitrogens with one attached hydrogen (secondary N) is 1. The van der Waals surface area contributed by atoms with Crippen LogP contribution in [0, 0.1) is 6.92 Å². The van der Waals surface area contributed by atoms with Crippen molar-refractivity contribution in [3.05, 3.63) is 83.9 Å². The van der Waals surface area contributed by atoms with Crippen molar-refractivity contribution in [3.63, 3.8) is 0 Å². The van der Waals surface area contributed by atoms with Crippen molar-refractivity contribution in [2.75, 3.05) is 10.2 Å². The summed E-state index contributed by atoms with van der Waals surface area (Å²) in [5, 5.41) is 29.8. The number of amides is 2. The molecule has 3 N–H and O–H groups in total. The molecule has 0 saturated carbocycles. The molecule has 3 aromatic rings. The van der Waals surface area contributed by atoms with Crippen LogP contribution in [0.25, 0.3) is 0 Å². The first-order valence-corrected chi connectivity index (χ1v) is 11.3. The van der Waals surface area contributed by atoms with E-state index in [0.29, 0.717) is 16.5 Å². The summed E-state index contributed by atoms with van der Waals surface area (Å²) in [4.78, 5) is 27.2. The zero-order valence-electron chi connectivity index (χ0n) is 18.3. The van der Waals surface area contributed by atoms with Crippen molar-refractivity contribution in [1.29, 1.82) is 0 Å². The Hall–Kier alpha value is -4.11. The molecule has 0 spiro atoms. The smallest absolute Gasteiger partial charge is 0.247 e. The van der Waals surface area contributed by atoms with Crippen LogP contribution in [-0.4, -0.2) is 38.7 Å². The maximum absolute atomic E-state index is 13.2. The molecule has 1 atom stereocenters. The molecule has 0 bridgehead atoms. The Balaban J connectivity index is 1.53. The van der Waals surface area contributed by atoms with Gasteiger partial charge >= 0.3 is 0 Å². The van der Waals surface area contributed by atoms with Gasteiger partial charge in [0.1, 0.15) is 16.7 Å². The summed E-state index contributed by atoms with van der Waals surface area (Å²) in [6.45, 7) is 1.96. The zero-order valence-corrected chi connectivity index (χ0v) is 19.1. The highest BCUT2D eigenvalue weighted by molar-refractivity contribution is 8.16. The molecule has 8 nitrogen and oxygen atoms in total. The van der Waals surface area contributed by atoms with Gasteiger partial charge in [0.15, 0.2) is 5.17 Å². The first-order valence-electron chi connectivity index (χ1n) is 10.5. The number of thioether (sulfide) groups is 1. The molecule has 1 unspecified atom stereocenters. The van der Waals surface area contributed by atoms with Crippen molar-refractivity contribution < 1.29 is 19.8 Å². The average molecular weight is 475 g/mol. The van der Waals surface area contributed by atoms with E-state index in [-0.39, 0.29) is 29.7 Å². The first-order chi connectivity index (χ1) is 16.4. The van der Waals surface area contributed by atoms with E-state index >= 15 is 0 Å². The largest absolute Gasteiger partial charge is 0.508 e. The third-order valence-corrected chi connectivity index (χ3v) is 6.12. The van der Waals surface area contributed by atoms with Gasteiger partial charge in [-0.05, 0) is 73.2 Å². The summed E-state index contributed by atoms with van der Waals surface area (Å²) >= 11 is 1.15. The maximum atomic E-state index is 13.2. The minimum Gasteiger partial charge on any atom is -0.508 e. The van der Waals surface area contributed by atoms with Crippen LogP contribution in [0.5, 0.6) is 11.5 Å². The number of nitrogens with zero attached hydrogens (tertiary/aromatic N) is 3. The van der Waals surface area contributed by atoms with Crippen LogP contribution in [0.1, 0.15) is 17.5 Å². The summed E-state index contributed by atoms with van der Waals surface area (Å²) in [5.41, 5.74) is 2.98.